The van der Waals surface area contributed by atoms with Gasteiger partial charge >= 0.3 is 0 Å². The third kappa shape index (κ3) is 2.07. The number of hydrogen-bond acceptors (Lipinski definition) is 1. The first-order chi connectivity index (χ1) is 9.11. The molecule has 0 heterocycles. The molecule has 0 aliphatic heterocycles. The zero-order valence-electron chi connectivity index (χ0n) is 12.3. The van der Waals surface area contributed by atoms with Crippen LogP contribution in [0.25, 0.3) is 0 Å². The summed E-state index contributed by atoms with van der Waals surface area (Å²) < 4.78 is 0. The van der Waals surface area contributed by atoms with Crippen molar-refractivity contribution in [1.29, 1.82) is 0 Å². The maximum atomic E-state index is 9.45. The summed E-state index contributed by atoms with van der Waals surface area (Å²) in [4.78, 5) is 0. The molecular formula is C18H26O. The summed E-state index contributed by atoms with van der Waals surface area (Å²) in [6.45, 7) is 7.18. The molecule has 2 saturated carbocycles. The fourth-order valence-electron chi connectivity index (χ4n) is 5.22. The SMILES string of the molecule is CCC1C2CC(c3ccc(O)cc3)C(C2)C1C(C)C. The maximum Gasteiger partial charge on any atom is 0.115 e. The van der Waals surface area contributed by atoms with E-state index in [9.17, 15) is 5.11 Å². The van der Waals surface area contributed by atoms with Gasteiger partial charge in [-0.1, -0.05) is 39.3 Å². The lowest BCUT2D eigenvalue weighted by molar-refractivity contribution is 0.144. The highest BCUT2D eigenvalue weighted by molar-refractivity contribution is 5.30. The van der Waals surface area contributed by atoms with Crippen LogP contribution in [0, 0.1) is 29.6 Å². The van der Waals surface area contributed by atoms with Crippen LogP contribution in [0.15, 0.2) is 24.3 Å². The van der Waals surface area contributed by atoms with Gasteiger partial charge in [0.1, 0.15) is 5.75 Å². The maximum absolute atomic E-state index is 9.45. The molecule has 19 heavy (non-hydrogen) atoms. The van der Waals surface area contributed by atoms with Gasteiger partial charge in [-0.25, -0.2) is 0 Å². The number of aromatic hydroxyl groups is 1. The van der Waals surface area contributed by atoms with Crippen molar-refractivity contribution in [2.75, 3.05) is 0 Å². The van der Waals surface area contributed by atoms with E-state index in [4.69, 9.17) is 0 Å². The third-order valence-corrected chi connectivity index (χ3v) is 5.81. The quantitative estimate of drug-likeness (QED) is 0.824. The van der Waals surface area contributed by atoms with Gasteiger partial charge in [0.25, 0.3) is 0 Å². The predicted octanol–water partition coefficient (Wildman–Crippen LogP) is 4.81. The molecule has 1 heteroatoms. The van der Waals surface area contributed by atoms with Crippen LogP contribution in [-0.2, 0) is 0 Å². The van der Waals surface area contributed by atoms with E-state index in [0.717, 1.165) is 35.5 Å². The van der Waals surface area contributed by atoms with Gasteiger partial charge in [0.05, 0.1) is 0 Å². The van der Waals surface area contributed by atoms with E-state index in [1.807, 2.05) is 12.1 Å². The number of benzene rings is 1. The normalized spacial score (nSPS) is 37.2. The van der Waals surface area contributed by atoms with Crippen LogP contribution in [0.3, 0.4) is 0 Å². The van der Waals surface area contributed by atoms with Crippen molar-refractivity contribution in [1.82, 2.24) is 0 Å². The predicted molar refractivity (Wildman–Crippen MR) is 79.2 cm³/mol. The summed E-state index contributed by atoms with van der Waals surface area (Å²) in [7, 11) is 0. The van der Waals surface area contributed by atoms with E-state index in [1.165, 1.54) is 24.8 Å². The van der Waals surface area contributed by atoms with E-state index < -0.39 is 0 Å². The molecule has 2 bridgehead atoms. The van der Waals surface area contributed by atoms with Crippen LogP contribution >= 0.6 is 0 Å². The van der Waals surface area contributed by atoms with E-state index in [0.29, 0.717) is 5.75 Å². The molecule has 3 rings (SSSR count). The number of fused-ring (bicyclic) bond motifs is 2. The summed E-state index contributed by atoms with van der Waals surface area (Å²) >= 11 is 0. The molecule has 0 amide bonds. The van der Waals surface area contributed by atoms with E-state index in [1.54, 1.807) is 0 Å². The zero-order valence-corrected chi connectivity index (χ0v) is 12.3. The number of hydrogen-bond donors (Lipinski definition) is 1. The highest BCUT2D eigenvalue weighted by Gasteiger charge is 2.52. The Kier molecular flexibility index (Phi) is 3.32. The first-order valence-corrected chi connectivity index (χ1v) is 7.90. The Bertz CT molecular complexity index is 434. The van der Waals surface area contributed by atoms with Crippen molar-refractivity contribution in [3.8, 4) is 5.75 Å². The van der Waals surface area contributed by atoms with E-state index in [2.05, 4.69) is 32.9 Å². The minimum Gasteiger partial charge on any atom is -0.508 e. The summed E-state index contributed by atoms with van der Waals surface area (Å²) in [5, 5.41) is 9.45. The summed E-state index contributed by atoms with van der Waals surface area (Å²) in [5.74, 6) is 5.61. The molecule has 2 aliphatic carbocycles. The number of phenolic OH excluding ortho intramolecular Hbond substituents is 1. The molecule has 5 unspecified atom stereocenters. The van der Waals surface area contributed by atoms with Crippen LogP contribution in [0.5, 0.6) is 5.75 Å². The van der Waals surface area contributed by atoms with Gasteiger partial charge in [-0.05, 0) is 66.0 Å². The van der Waals surface area contributed by atoms with Gasteiger partial charge in [0.15, 0.2) is 0 Å². The average molecular weight is 258 g/mol. The monoisotopic (exact) mass is 258 g/mol. The Balaban J connectivity index is 1.86. The van der Waals surface area contributed by atoms with Crippen LogP contribution in [0.4, 0.5) is 0 Å². The number of rotatable bonds is 3. The molecule has 5 atom stereocenters. The molecule has 0 radical (unpaired) electrons. The molecule has 0 saturated heterocycles. The average Bonchev–Trinajstić information content (AvgIpc) is 2.96. The number of phenols is 1. The Morgan fingerprint density at radius 2 is 1.84 bits per heavy atom. The molecule has 2 aliphatic rings. The summed E-state index contributed by atoms with van der Waals surface area (Å²) in [6, 6.07) is 7.98. The Hall–Kier alpha value is -0.980. The molecule has 0 aromatic heterocycles. The second-order valence-electron chi connectivity index (χ2n) is 6.99. The molecule has 104 valence electrons. The Morgan fingerprint density at radius 3 is 2.42 bits per heavy atom. The van der Waals surface area contributed by atoms with Crippen molar-refractivity contribution < 1.29 is 5.11 Å². The van der Waals surface area contributed by atoms with Crippen molar-refractivity contribution in [2.45, 2.75) is 46.0 Å². The minimum atomic E-state index is 0.388. The van der Waals surface area contributed by atoms with Gasteiger partial charge < -0.3 is 5.11 Å². The highest BCUT2D eigenvalue weighted by atomic mass is 16.3. The Morgan fingerprint density at radius 1 is 1.16 bits per heavy atom. The topological polar surface area (TPSA) is 20.2 Å². The van der Waals surface area contributed by atoms with Crippen LogP contribution < -0.4 is 0 Å². The second kappa shape index (κ2) is 4.85. The fraction of sp³-hybridized carbons (Fsp3) is 0.667. The lowest BCUT2D eigenvalue weighted by Gasteiger charge is -2.38. The van der Waals surface area contributed by atoms with Gasteiger partial charge in [0, 0.05) is 0 Å². The molecule has 1 N–H and O–H groups in total. The zero-order chi connectivity index (χ0) is 13.6. The lowest BCUT2D eigenvalue weighted by Crippen LogP contribution is -2.30. The Labute approximate surface area is 117 Å². The van der Waals surface area contributed by atoms with Crippen LogP contribution in [0.1, 0.15) is 51.5 Å². The van der Waals surface area contributed by atoms with Crippen LogP contribution in [0.2, 0.25) is 0 Å². The molecule has 1 nitrogen and oxygen atoms in total. The van der Waals surface area contributed by atoms with Crippen molar-refractivity contribution in [2.24, 2.45) is 29.6 Å². The second-order valence-corrected chi connectivity index (χ2v) is 6.99. The molecule has 2 fully saturated rings. The smallest absolute Gasteiger partial charge is 0.115 e. The fourth-order valence-corrected chi connectivity index (χ4v) is 5.22. The van der Waals surface area contributed by atoms with Crippen LogP contribution in [-0.4, -0.2) is 5.11 Å². The van der Waals surface area contributed by atoms with Crippen molar-refractivity contribution in [3.05, 3.63) is 29.8 Å². The molecule has 1 aromatic carbocycles. The summed E-state index contributed by atoms with van der Waals surface area (Å²) in [6.07, 6.45) is 4.16. The van der Waals surface area contributed by atoms with Gasteiger partial charge in [-0.3, -0.25) is 0 Å². The first kappa shape index (κ1) is 13.0. The molecular weight excluding hydrogens is 232 g/mol. The van der Waals surface area contributed by atoms with Gasteiger partial charge in [0.2, 0.25) is 0 Å². The van der Waals surface area contributed by atoms with Gasteiger partial charge in [-0.15, -0.1) is 0 Å². The highest BCUT2D eigenvalue weighted by Crippen LogP contribution is 2.61. The van der Waals surface area contributed by atoms with Crippen molar-refractivity contribution >= 4 is 0 Å². The lowest BCUT2D eigenvalue weighted by atomic mass is 9.67. The first-order valence-electron chi connectivity index (χ1n) is 7.90. The minimum absolute atomic E-state index is 0.388. The van der Waals surface area contributed by atoms with E-state index >= 15 is 0 Å². The van der Waals surface area contributed by atoms with E-state index in [-0.39, 0.29) is 0 Å². The molecule has 1 aromatic rings. The largest absolute Gasteiger partial charge is 0.508 e. The standard InChI is InChI=1S/C18H26O/c1-4-15-13-9-16(12-5-7-14(19)8-6-12)17(10-13)18(15)11(2)3/h5-8,11,13,15-19H,4,9-10H2,1-3H3. The van der Waals surface area contributed by atoms with Crippen molar-refractivity contribution in [3.63, 3.8) is 0 Å². The third-order valence-electron chi connectivity index (χ3n) is 5.81. The summed E-state index contributed by atoms with van der Waals surface area (Å²) in [5.41, 5.74) is 1.45. The molecule has 0 spiro atoms. The van der Waals surface area contributed by atoms with Gasteiger partial charge in [-0.2, -0.15) is 0 Å².